The minimum atomic E-state index is -0.366. The molecule has 1 rings (SSSR count). The van der Waals surface area contributed by atoms with Gasteiger partial charge in [-0.15, -0.1) is 0 Å². The summed E-state index contributed by atoms with van der Waals surface area (Å²) in [6.07, 6.45) is 3.82. The lowest BCUT2D eigenvalue weighted by Gasteiger charge is -2.07. The molecule has 0 spiro atoms. The summed E-state index contributed by atoms with van der Waals surface area (Å²) < 4.78 is 13.4. The Hall–Kier alpha value is -1.77. The van der Waals surface area contributed by atoms with E-state index in [9.17, 15) is 4.39 Å². The summed E-state index contributed by atoms with van der Waals surface area (Å²) in [4.78, 5) is 0. The first-order valence-electron chi connectivity index (χ1n) is 4.76. The van der Waals surface area contributed by atoms with Gasteiger partial charge in [0, 0.05) is 16.9 Å². The van der Waals surface area contributed by atoms with Crippen molar-refractivity contribution in [3.05, 3.63) is 41.4 Å². The molecule has 1 aromatic carbocycles. The first-order valence-corrected chi connectivity index (χ1v) is 4.76. The second-order valence-electron chi connectivity index (χ2n) is 3.24. The van der Waals surface area contributed by atoms with Crippen molar-refractivity contribution in [3.63, 3.8) is 0 Å². The number of hydrogen-bond donors (Lipinski definition) is 2. The van der Waals surface area contributed by atoms with E-state index in [1.54, 1.807) is 18.2 Å². The maximum Gasteiger partial charge on any atom is 0.132 e. The van der Waals surface area contributed by atoms with Gasteiger partial charge in [-0.05, 0) is 30.2 Å². The van der Waals surface area contributed by atoms with E-state index in [4.69, 9.17) is 11.5 Å². The minimum absolute atomic E-state index is 0.340. The predicted octanol–water partition coefficient (Wildman–Crippen LogP) is 2.76. The second-order valence-corrected chi connectivity index (χ2v) is 3.24. The van der Waals surface area contributed by atoms with Gasteiger partial charge < -0.3 is 11.5 Å². The lowest BCUT2D eigenvalue weighted by Crippen LogP contribution is -2.00. The minimum Gasteiger partial charge on any atom is -0.402 e. The molecule has 0 radical (unpaired) electrons. The van der Waals surface area contributed by atoms with Crippen LogP contribution in [-0.2, 0) is 0 Å². The van der Waals surface area contributed by atoms with Crippen LogP contribution in [0.4, 0.5) is 10.1 Å². The molecular weight excluding hydrogens is 191 g/mol. The second kappa shape index (κ2) is 4.64. The van der Waals surface area contributed by atoms with Crippen LogP contribution in [0.3, 0.4) is 0 Å². The molecule has 0 saturated carbocycles. The molecule has 0 saturated heterocycles. The average molecular weight is 206 g/mol. The summed E-state index contributed by atoms with van der Waals surface area (Å²) in [6.45, 7) is 5.51. The fraction of sp³-hybridized carbons (Fsp3) is 0.167. The van der Waals surface area contributed by atoms with Crippen LogP contribution in [0.15, 0.2) is 24.4 Å². The van der Waals surface area contributed by atoms with E-state index < -0.39 is 0 Å². The largest absolute Gasteiger partial charge is 0.402 e. The van der Waals surface area contributed by atoms with E-state index in [-0.39, 0.29) is 5.82 Å². The van der Waals surface area contributed by atoms with E-state index in [0.29, 0.717) is 28.9 Å². The van der Waals surface area contributed by atoms with Gasteiger partial charge in [-0.1, -0.05) is 19.6 Å². The van der Waals surface area contributed by atoms with E-state index >= 15 is 0 Å². The van der Waals surface area contributed by atoms with Crippen LogP contribution in [0.5, 0.6) is 0 Å². The Balaban J connectivity index is 3.33. The Bertz CT molecular complexity index is 408. The zero-order valence-corrected chi connectivity index (χ0v) is 8.76. The topological polar surface area (TPSA) is 52.0 Å². The molecule has 0 atom stereocenters. The first-order chi connectivity index (χ1) is 7.10. The lowest BCUT2D eigenvalue weighted by atomic mass is 10.1. The quantitative estimate of drug-likeness (QED) is 0.747. The van der Waals surface area contributed by atoms with Crippen molar-refractivity contribution >= 4 is 17.8 Å². The van der Waals surface area contributed by atoms with Gasteiger partial charge in [0.25, 0.3) is 0 Å². The van der Waals surface area contributed by atoms with Gasteiger partial charge in [-0.25, -0.2) is 4.39 Å². The maximum atomic E-state index is 13.4. The van der Waals surface area contributed by atoms with E-state index in [0.717, 1.165) is 0 Å². The average Bonchev–Trinajstić information content (AvgIpc) is 2.24. The normalized spacial score (nSPS) is 11.5. The molecule has 0 bridgehead atoms. The SMILES string of the molecule is C=Cc1ccc(F)c(/C=C(\N)CC)c1N. The Morgan fingerprint density at radius 2 is 2.20 bits per heavy atom. The van der Waals surface area contributed by atoms with E-state index in [2.05, 4.69) is 6.58 Å². The fourth-order valence-corrected chi connectivity index (χ4v) is 1.24. The highest BCUT2D eigenvalue weighted by atomic mass is 19.1. The Kier molecular flexibility index (Phi) is 3.50. The molecule has 15 heavy (non-hydrogen) atoms. The van der Waals surface area contributed by atoms with Crippen molar-refractivity contribution < 1.29 is 4.39 Å². The van der Waals surface area contributed by atoms with Crippen LogP contribution in [-0.4, -0.2) is 0 Å². The van der Waals surface area contributed by atoms with Crippen molar-refractivity contribution in [2.75, 3.05) is 5.73 Å². The lowest BCUT2D eigenvalue weighted by molar-refractivity contribution is 0.625. The zero-order chi connectivity index (χ0) is 11.4. The summed E-state index contributed by atoms with van der Waals surface area (Å²) in [5.74, 6) is -0.366. The van der Waals surface area contributed by atoms with Crippen LogP contribution in [0.2, 0.25) is 0 Å². The standard InChI is InChI=1S/C12H15FN2/c1-3-8-5-6-11(13)10(12(8)15)7-9(14)4-2/h3,5-7H,1,4,14-15H2,2H3/b9-7-. The molecule has 3 heteroatoms. The number of anilines is 1. The summed E-state index contributed by atoms with van der Waals surface area (Å²) in [5, 5.41) is 0. The van der Waals surface area contributed by atoms with Gasteiger partial charge in [-0.3, -0.25) is 0 Å². The van der Waals surface area contributed by atoms with Crippen molar-refractivity contribution in [1.82, 2.24) is 0 Å². The third-order valence-corrected chi connectivity index (χ3v) is 2.23. The van der Waals surface area contributed by atoms with Gasteiger partial charge in [-0.2, -0.15) is 0 Å². The van der Waals surface area contributed by atoms with Gasteiger partial charge in [0.1, 0.15) is 5.82 Å². The molecule has 0 unspecified atom stereocenters. The van der Waals surface area contributed by atoms with Gasteiger partial charge in [0.15, 0.2) is 0 Å². The van der Waals surface area contributed by atoms with Crippen LogP contribution < -0.4 is 11.5 Å². The molecule has 80 valence electrons. The molecule has 0 heterocycles. The number of allylic oxidation sites excluding steroid dienone is 1. The molecular formula is C12H15FN2. The third kappa shape index (κ3) is 2.37. The molecule has 1 aromatic rings. The molecule has 2 nitrogen and oxygen atoms in total. The summed E-state index contributed by atoms with van der Waals surface area (Å²) in [7, 11) is 0. The predicted molar refractivity (Wildman–Crippen MR) is 63.4 cm³/mol. The third-order valence-electron chi connectivity index (χ3n) is 2.23. The number of hydrogen-bond acceptors (Lipinski definition) is 2. The Morgan fingerprint density at radius 3 is 2.73 bits per heavy atom. The molecule has 0 aromatic heterocycles. The van der Waals surface area contributed by atoms with Crippen molar-refractivity contribution in [2.45, 2.75) is 13.3 Å². The number of nitrogens with two attached hydrogens (primary N) is 2. The van der Waals surface area contributed by atoms with E-state index in [1.165, 1.54) is 6.07 Å². The Morgan fingerprint density at radius 1 is 1.53 bits per heavy atom. The number of benzene rings is 1. The van der Waals surface area contributed by atoms with Crippen LogP contribution >= 0.6 is 0 Å². The first kappa shape index (κ1) is 11.3. The highest BCUT2D eigenvalue weighted by Crippen LogP contribution is 2.24. The Labute approximate surface area is 89.1 Å². The van der Waals surface area contributed by atoms with Crippen LogP contribution in [0.25, 0.3) is 12.2 Å². The smallest absolute Gasteiger partial charge is 0.132 e. The highest BCUT2D eigenvalue weighted by Gasteiger charge is 2.07. The highest BCUT2D eigenvalue weighted by molar-refractivity contribution is 5.75. The summed E-state index contributed by atoms with van der Waals surface area (Å²) >= 11 is 0. The molecule has 4 N–H and O–H groups in total. The summed E-state index contributed by atoms with van der Waals surface area (Å²) in [5.41, 5.74) is 13.5. The van der Waals surface area contributed by atoms with Crippen molar-refractivity contribution in [2.24, 2.45) is 5.73 Å². The monoisotopic (exact) mass is 206 g/mol. The summed E-state index contributed by atoms with van der Waals surface area (Å²) in [6, 6.07) is 2.96. The van der Waals surface area contributed by atoms with Crippen LogP contribution in [0.1, 0.15) is 24.5 Å². The molecule has 0 amide bonds. The van der Waals surface area contributed by atoms with E-state index in [1.807, 2.05) is 6.92 Å². The zero-order valence-electron chi connectivity index (χ0n) is 8.76. The van der Waals surface area contributed by atoms with Crippen molar-refractivity contribution in [3.8, 4) is 0 Å². The number of halogens is 1. The number of nitrogen functional groups attached to an aromatic ring is 1. The fourth-order valence-electron chi connectivity index (χ4n) is 1.24. The molecule has 0 fully saturated rings. The number of rotatable bonds is 3. The molecule has 0 aliphatic rings. The molecule has 0 aliphatic carbocycles. The van der Waals surface area contributed by atoms with Crippen molar-refractivity contribution in [1.29, 1.82) is 0 Å². The maximum absolute atomic E-state index is 13.4. The van der Waals surface area contributed by atoms with Gasteiger partial charge in [0.2, 0.25) is 0 Å². The van der Waals surface area contributed by atoms with Gasteiger partial charge >= 0.3 is 0 Å². The van der Waals surface area contributed by atoms with Crippen LogP contribution in [0, 0.1) is 5.82 Å². The molecule has 0 aliphatic heterocycles. The van der Waals surface area contributed by atoms with Gasteiger partial charge in [0.05, 0.1) is 0 Å².